The molecule has 0 spiro atoms. The molecule has 2 amide bonds. The minimum atomic E-state index is -0.465. The van der Waals surface area contributed by atoms with Gasteiger partial charge in [0, 0.05) is 16.9 Å². The van der Waals surface area contributed by atoms with Crippen molar-refractivity contribution in [2.75, 3.05) is 6.54 Å². The third-order valence-corrected chi connectivity index (χ3v) is 6.64. The Hall–Kier alpha value is -2.27. The van der Waals surface area contributed by atoms with E-state index >= 15 is 0 Å². The minimum Gasteiger partial charge on any atom is -0.354 e. The Morgan fingerprint density at radius 3 is 2.58 bits per heavy atom. The summed E-state index contributed by atoms with van der Waals surface area (Å²) in [6.45, 7) is 4.67. The molecule has 1 saturated heterocycles. The van der Waals surface area contributed by atoms with Gasteiger partial charge in [0.25, 0.3) is 5.91 Å². The highest BCUT2D eigenvalue weighted by Gasteiger charge is 2.57. The summed E-state index contributed by atoms with van der Waals surface area (Å²) in [6.07, 6.45) is 0.782. The number of benzene rings is 2. The molecule has 4 rings (SSSR count). The van der Waals surface area contributed by atoms with Gasteiger partial charge in [0.15, 0.2) is 0 Å². The maximum atomic E-state index is 13.0. The Bertz CT molecular complexity index is 850. The molecule has 0 bridgehead atoms. The third-order valence-electron chi connectivity index (χ3n) is 5.10. The summed E-state index contributed by atoms with van der Waals surface area (Å²) in [4.78, 5) is 27.7. The molecule has 2 aliphatic rings. The molecule has 2 heterocycles. The molecule has 5 heteroatoms. The molecule has 0 aromatic heterocycles. The topological polar surface area (TPSA) is 49.4 Å². The lowest BCUT2D eigenvalue weighted by atomic mass is 10.0. The van der Waals surface area contributed by atoms with Crippen LogP contribution in [-0.4, -0.2) is 34.0 Å². The van der Waals surface area contributed by atoms with Crippen molar-refractivity contribution in [2.45, 2.75) is 36.4 Å². The van der Waals surface area contributed by atoms with Crippen molar-refractivity contribution < 1.29 is 9.59 Å². The van der Waals surface area contributed by atoms with Gasteiger partial charge in [0.2, 0.25) is 5.91 Å². The number of hydrogen-bond acceptors (Lipinski definition) is 3. The number of nitrogens with zero attached hydrogens (tertiary/aromatic N) is 1. The maximum Gasteiger partial charge on any atom is 0.256 e. The summed E-state index contributed by atoms with van der Waals surface area (Å²) < 4.78 is -0.329. The van der Waals surface area contributed by atoms with E-state index in [1.165, 1.54) is 5.56 Å². The predicted octanol–water partition coefficient (Wildman–Crippen LogP) is 3.39. The number of rotatable bonds is 4. The van der Waals surface area contributed by atoms with E-state index in [9.17, 15) is 9.59 Å². The Morgan fingerprint density at radius 2 is 1.81 bits per heavy atom. The highest BCUT2D eigenvalue weighted by atomic mass is 32.2. The molecule has 2 atom stereocenters. The van der Waals surface area contributed by atoms with Crippen LogP contribution in [0.5, 0.6) is 0 Å². The van der Waals surface area contributed by atoms with Crippen LogP contribution < -0.4 is 5.32 Å². The summed E-state index contributed by atoms with van der Waals surface area (Å²) >= 11 is 1.70. The van der Waals surface area contributed by atoms with Crippen molar-refractivity contribution in [3.63, 3.8) is 0 Å². The summed E-state index contributed by atoms with van der Waals surface area (Å²) in [6, 6.07) is 17.3. The first kappa shape index (κ1) is 17.2. The number of carbonyl (C=O) groups excluding carboxylic acids is 2. The molecule has 0 aliphatic carbocycles. The quantitative estimate of drug-likeness (QED) is 0.902. The first-order valence-electron chi connectivity index (χ1n) is 8.90. The fraction of sp³-hybridized carbons (Fsp3) is 0.333. The van der Waals surface area contributed by atoms with Crippen LogP contribution >= 0.6 is 11.8 Å². The normalized spacial score (nSPS) is 22.8. The van der Waals surface area contributed by atoms with Crippen molar-refractivity contribution in [3.8, 4) is 0 Å². The molecule has 0 unspecified atom stereocenters. The monoisotopic (exact) mass is 366 g/mol. The van der Waals surface area contributed by atoms with E-state index in [1.807, 2.05) is 56.3 Å². The second kappa shape index (κ2) is 6.47. The van der Waals surface area contributed by atoms with Crippen LogP contribution in [0, 0.1) is 0 Å². The van der Waals surface area contributed by atoms with E-state index < -0.39 is 6.04 Å². The Balaban J connectivity index is 1.50. The number of nitrogens with one attached hydrogen (secondary N) is 1. The van der Waals surface area contributed by atoms with E-state index in [2.05, 4.69) is 17.4 Å². The third kappa shape index (κ3) is 2.80. The van der Waals surface area contributed by atoms with E-state index in [-0.39, 0.29) is 21.9 Å². The highest BCUT2D eigenvalue weighted by molar-refractivity contribution is 8.01. The van der Waals surface area contributed by atoms with Crippen molar-refractivity contribution in [1.82, 2.24) is 10.2 Å². The minimum absolute atomic E-state index is 0.0353. The lowest BCUT2D eigenvalue weighted by Crippen LogP contribution is -2.52. The van der Waals surface area contributed by atoms with Gasteiger partial charge in [0.1, 0.15) is 11.4 Å². The molecule has 2 aromatic rings. The maximum absolute atomic E-state index is 13.0. The van der Waals surface area contributed by atoms with E-state index in [0.29, 0.717) is 6.54 Å². The van der Waals surface area contributed by atoms with Crippen LogP contribution in [0.3, 0.4) is 0 Å². The zero-order valence-electron chi connectivity index (χ0n) is 14.9. The number of amides is 2. The van der Waals surface area contributed by atoms with Gasteiger partial charge < -0.3 is 10.2 Å². The lowest BCUT2D eigenvalue weighted by molar-refractivity contribution is -0.126. The molecule has 2 aliphatic heterocycles. The largest absolute Gasteiger partial charge is 0.354 e. The van der Waals surface area contributed by atoms with E-state index in [4.69, 9.17) is 0 Å². The highest BCUT2D eigenvalue weighted by Crippen LogP contribution is 2.56. The van der Waals surface area contributed by atoms with E-state index in [0.717, 1.165) is 17.5 Å². The number of thioether (sulfide) groups is 1. The van der Waals surface area contributed by atoms with Crippen molar-refractivity contribution >= 4 is 23.6 Å². The van der Waals surface area contributed by atoms with Crippen LogP contribution in [0.4, 0.5) is 0 Å². The van der Waals surface area contributed by atoms with Gasteiger partial charge in [-0.1, -0.05) is 48.5 Å². The van der Waals surface area contributed by atoms with Gasteiger partial charge in [-0.15, -0.1) is 11.8 Å². The average Bonchev–Trinajstić information content (AvgIpc) is 3.06. The molecular formula is C21H22N2O2S. The van der Waals surface area contributed by atoms with Crippen molar-refractivity contribution in [1.29, 1.82) is 0 Å². The molecular weight excluding hydrogens is 344 g/mol. The summed E-state index contributed by atoms with van der Waals surface area (Å²) in [5.74, 6) is -0.103. The van der Waals surface area contributed by atoms with Crippen LogP contribution in [0.25, 0.3) is 0 Å². The lowest BCUT2D eigenvalue weighted by Gasteiger charge is -2.29. The SMILES string of the molecule is CC1(C)S[C@H]2c3ccccc3C(=O)N2[C@H]1C(=O)NCCc1ccccc1. The van der Waals surface area contributed by atoms with Gasteiger partial charge in [0.05, 0.1) is 0 Å². The number of fused-ring (bicyclic) bond motifs is 3. The molecule has 26 heavy (non-hydrogen) atoms. The van der Waals surface area contributed by atoms with Crippen LogP contribution in [0.1, 0.15) is 40.7 Å². The number of carbonyl (C=O) groups is 2. The number of hydrogen-bond donors (Lipinski definition) is 1. The fourth-order valence-corrected chi connectivity index (χ4v) is 5.46. The second-order valence-corrected chi connectivity index (χ2v) is 9.04. The first-order valence-corrected chi connectivity index (χ1v) is 9.78. The smallest absolute Gasteiger partial charge is 0.256 e. The second-order valence-electron chi connectivity index (χ2n) is 7.30. The van der Waals surface area contributed by atoms with Gasteiger partial charge in [-0.3, -0.25) is 9.59 Å². The predicted molar refractivity (Wildman–Crippen MR) is 104 cm³/mol. The zero-order valence-corrected chi connectivity index (χ0v) is 15.8. The van der Waals surface area contributed by atoms with Crippen LogP contribution in [0.2, 0.25) is 0 Å². The summed E-state index contributed by atoms with van der Waals surface area (Å²) in [5, 5.41) is 2.97. The van der Waals surface area contributed by atoms with Gasteiger partial charge >= 0.3 is 0 Å². The summed E-state index contributed by atoms with van der Waals surface area (Å²) in [5.41, 5.74) is 2.94. The van der Waals surface area contributed by atoms with Gasteiger partial charge in [-0.25, -0.2) is 0 Å². The molecule has 0 saturated carbocycles. The molecule has 4 nitrogen and oxygen atoms in total. The van der Waals surface area contributed by atoms with Gasteiger partial charge in [-0.05, 0) is 37.5 Å². The molecule has 1 fully saturated rings. The standard InChI is InChI=1S/C21H22N2O2S/c1-21(2)17(18(24)22-13-12-14-8-4-3-5-9-14)23-19(25)15-10-6-7-11-16(15)20(23)26-21/h3-11,17,20H,12-13H2,1-2H3,(H,22,24)/t17-,20-/m0/s1. The van der Waals surface area contributed by atoms with Crippen molar-refractivity contribution in [3.05, 3.63) is 71.3 Å². The Kier molecular flexibility index (Phi) is 4.27. The molecule has 2 aromatic carbocycles. The molecule has 1 N–H and O–H groups in total. The van der Waals surface area contributed by atoms with Crippen LogP contribution in [-0.2, 0) is 11.2 Å². The molecule has 134 valence electrons. The fourth-order valence-electron chi connectivity index (χ4n) is 3.88. The Morgan fingerprint density at radius 1 is 1.12 bits per heavy atom. The Labute approximate surface area is 158 Å². The molecule has 0 radical (unpaired) electrons. The first-order chi connectivity index (χ1) is 12.5. The van der Waals surface area contributed by atoms with Crippen molar-refractivity contribution in [2.24, 2.45) is 0 Å². The van der Waals surface area contributed by atoms with Gasteiger partial charge in [-0.2, -0.15) is 0 Å². The zero-order chi connectivity index (χ0) is 18.3. The van der Waals surface area contributed by atoms with Crippen LogP contribution in [0.15, 0.2) is 54.6 Å². The van der Waals surface area contributed by atoms with E-state index in [1.54, 1.807) is 16.7 Å². The summed E-state index contributed by atoms with van der Waals surface area (Å²) in [7, 11) is 0. The average molecular weight is 366 g/mol.